The monoisotopic (exact) mass is 365 g/mol. The van der Waals surface area contributed by atoms with E-state index in [4.69, 9.17) is 0 Å². The number of thiophene rings is 1. The molecule has 0 unspecified atom stereocenters. The third-order valence-corrected chi connectivity index (χ3v) is 4.45. The molecule has 0 aliphatic heterocycles. The Balaban J connectivity index is 1.54. The number of hydrogen-bond acceptors (Lipinski definition) is 4. The summed E-state index contributed by atoms with van der Waals surface area (Å²) in [7, 11) is 0. The van der Waals surface area contributed by atoms with Crippen molar-refractivity contribution in [1.82, 2.24) is 10.3 Å². The van der Waals surface area contributed by atoms with Gasteiger partial charge in [-0.25, -0.2) is 0 Å². The molecule has 0 aliphatic rings. The minimum Gasteiger partial charge on any atom is -0.352 e. The Morgan fingerprint density at radius 1 is 1.08 bits per heavy atom. The number of benzene rings is 1. The first kappa shape index (κ1) is 17.8. The molecule has 0 aliphatic carbocycles. The number of anilines is 1. The lowest BCUT2D eigenvalue weighted by molar-refractivity contribution is -0.120. The van der Waals surface area contributed by atoms with Crippen molar-refractivity contribution in [3.05, 3.63) is 70.5 Å². The predicted molar refractivity (Wildman–Crippen MR) is 104 cm³/mol. The van der Waals surface area contributed by atoms with Crippen LogP contribution in [0.3, 0.4) is 0 Å². The van der Waals surface area contributed by atoms with Gasteiger partial charge in [-0.2, -0.15) is 11.3 Å². The molecule has 0 spiro atoms. The minimum absolute atomic E-state index is 0.0498. The standard InChI is InChI=1S/C20H19N3O2S/c1-14(24)23-18-4-2-15(3-5-18)11-20(25)22-12-16-6-8-21-19(10-16)17-7-9-26-13-17/h2-10,13H,11-12H2,1H3,(H,22,25)(H,23,24). The average molecular weight is 365 g/mol. The third-order valence-electron chi connectivity index (χ3n) is 3.77. The molecule has 1 aromatic carbocycles. The summed E-state index contributed by atoms with van der Waals surface area (Å²) in [6.45, 7) is 1.92. The Bertz CT molecular complexity index is 890. The lowest BCUT2D eigenvalue weighted by atomic mass is 10.1. The van der Waals surface area contributed by atoms with Gasteiger partial charge in [-0.1, -0.05) is 12.1 Å². The van der Waals surface area contributed by atoms with Crippen LogP contribution in [0.5, 0.6) is 0 Å². The van der Waals surface area contributed by atoms with Crippen LogP contribution in [0.15, 0.2) is 59.4 Å². The zero-order valence-electron chi connectivity index (χ0n) is 14.4. The van der Waals surface area contributed by atoms with E-state index in [0.29, 0.717) is 13.0 Å². The topological polar surface area (TPSA) is 71.1 Å². The van der Waals surface area contributed by atoms with Crippen LogP contribution in [0.2, 0.25) is 0 Å². The van der Waals surface area contributed by atoms with Crippen molar-refractivity contribution in [1.29, 1.82) is 0 Å². The molecule has 2 aromatic heterocycles. The highest BCUT2D eigenvalue weighted by atomic mass is 32.1. The normalized spacial score (nSPS) is 10.3. The maximum absolute atomic E-state index is 12.2. The molecule has 0 fully saturated rings. The summed E-state index contributed by atoms with van der Waals surface area (Å²) in [5, 5.41) is 9.70. The van der Waals surface area contributed by atoms with Crippen LogP contribution in [-0.2, 0) is 22.6 Å². The Hall–Kier alpha value is -2.99. The number of carbonyl (C=O) groups excluding carboxylic acids is 2. The Morgan fingerprint density at radius 2 is 1.88 bits per heavy atom. The molecule has 3 aromatic rings. The van der Waals surface area contributed by atoms with Crippen molar-refractivity contribution >= 4 is 28.8 Å². The summed E-state index contributed by atoms with van der Waals surface area (Å²) in [6, 6.07) is 13.2. The highest BCUT2D eigenvalue weighted by molar-refractivity contribution is 7.08. The zero-order valence-corrected chi connectivity index (χ0v) is 15.2. The van der Waals surface area contributed by atoms with Gasteiger partial charge in [0.25, 0.3) is 0 Å². The molecule has 2 N–H and O–H groups in total. The largest absolute Gasteiger partial charge is 0.352 e. The van der Waals surface area contributed by atoms with Crippen molar-refractivity contribution in [2.45, 2.75) is 19.9 Å². The van der Waals surface area contributed by atoms with Crippen molar-refractivity contribution in [2.24, 2.45) is 0 Å². The Kier molecular flexibility index (Phi) is 5.76. The van der Waals surface area contributed by atoms with E-state index in [9.17, 15) is 9.59 Å². The van der Waals surface area contributed by atoms with Crippen LogP contribution in [0, 0.1) is 0 Å². The smallest absolute Gasteiger partial charge is 0.224 e. The van der Waals surface area contributed by atoms with Gasteiger partial charge in [-0.05, 0) is 46.8 Å². The molecule has 6 heteroatoms. The lowest BCUT2D eigenvalue weighted by Crippen LogP contribution is -2.24. The SMILES string of the molecule is CC(=O)Nc1ccc(CC(=O)NCc2ccnc(-c3ccsc3)c2)cc1. The van der Waals surface area contributed by atoms with Crippen LogP contribution in [0.25, 0.3) is 11.3 Å². The molecule has 5 nitrogen and oxygen atoms in total. The molecule has 0 bridgehead atoms. The summed E-state index contributed by atoms with van der Waals surface area (Å²) in [5.74, 6) is -0.166. The maximum atomic E-state index is 12.2. The summed E-state index contributed by atoms with van der Waals surface area (Å²) >= 11 is 1.63. The van der Waals surface area contributed by atoms with E-state index in [-0.39, 0.29) is 11.8 Å². The van der Waals surface area contributed by atoms with Crippen LogP contribution in [0.1, 0.15) is 18.1 Å². The molecular weight excluding hydrogens is 346 g/mol. The second kappa shape index (κ2) is 8.40. The number of amides is 2. The van der Waals surface area contributed by atoms with E-state index in [1.807, 2.05) is 35.7 Å². The van der Waals surface area contributed by atoms with Crippen molar-refractivity contribution in [2.75, 3.05) is 5.32 Å². The third kappa shape index (κ3) is 5.00. The van der Waals surface area contributed by atoms with Crippen LogP contribution in [0.4, 0.5) is 5.69 Å². The van der Waals surface area contributed by atoms with Crippen LogP contribution < -0.4 is 10.6 Å². The lowest BCUT2D eigenvalue weighted by Gasteiger charge is -2.08. The Morgan fingerprint density at radius 3 is 2.58 bits per heavy atom. The van der Waals surface area contributed by atoms with Gasteiger partial charge < -0.3 is 10.6 Å². The zero-order chi connectivity index (χ0) is 18.4. The highest BCUT2D eigenvalue weighted by Crippen LogP contribution is 2.20. The first-order valence-electron chi connectivity index (χ1n) is 8.21. The van der Waals surface area contributed by atoms with Crippen LogP contribution >= 0.6 is 11.3 Å². The van der Waals surface area contributed by atoms with Crippen molar-refractivity contribution in [3.63, 3.8) is 0 Å². The number of rotatable bonds is 6. The number of nitrogens with one attached hydrogen (secondary N) is 2. The molecule has 26 heavy (non-hydrogen) atoms. The maximum Gasteiger partial charge on any atom is 0.224 e. The van der Waals surface area contributed by atoms with E-state index in [1.165, 1.54) is 6.92 Å². The predicted octanol–water partition coefficient (Wildman–Crippen LogP) is 3.63. The van der Waals surface area contributed by atoms with Crippen molar-refractivity contribution < 1.29 is 9.59 Å². The van der Waals surface area contributed by atoms with Gasteiger partial charge in [0, 0.05) is 36.3 Å². The first-order chi connectivity index (χ1) is 12.6. The fourth-order valence-corrected chi connectivity index (χ4v) is 3.16. The van der Waals surface area contributed by atoms with Crippen molar-refractivity contribution in [3.8, 4) is 11.3 Å². The van der Waals surface area contributed by atoms with E-state index in [2.05, 4.69) is 21.0 Å². The summed E-state index contributed by atoms with van der Waals surface area (Å²) in [4.78, 5) is 27.6. The quantitative estimate of drug-likeness (QED) is 0.701. The fourth-order valence-electron chi connectivity index (χ4n) is 2.51. The number of carbonyl (C=O) groups is 2. The number of pyridine rings is 1. The fraction of sp³-hybridized carbons (Fsp3) is 0.150. The molecule has 132 valence electrons. The van der Waals surface area contributed by atoms with Gasteiger partial charge in [0.05, 0.1) is 12.1 Å². The molecule has 0 radical (unpaired) electrons. The second-order valence-corrected chi connectivity index (χ2v) is 6.67. The van der Waals surface area contributed by atoms with Gasteiger partial charge in [0.2, 0.25) is 11.8 Å². The first-order valence-corrected chi connectivity index (χ1v) is 9.15. The van der Waals surface area contributed by atoms with E-state index < -0.39 is 0 Å². The molecule has 2 amide bonds. The number of hydrogen-bond donors (Lipinski definition) is 2. The molecule has 3 rings (SSSR count). The van der Waals surface area contributed by atoms with Crippen LogP contribution in [-0.4, -0.2) is 16.8 Å². The van der Waals surface area contributed by atoms with Gasteiger partial charge in [0.1, 0.15) is 0 Å². The van der Waals surface area contributed by atoms with Gasteiger partial charge in [-0.15, -0.1) is 0 Å². The van der Waals surface area contributed by atoms with E-state index >= 15 is 0 Å². The average Bonchev–Trinajstić information content (AvgIpc) is 3.16. The summed E-state index contributed by atoms with van der Waals surface area (Å²) in [5.41, 5.74) is 4.62. The highest BCUT2D eigenvalue weighted by Gasteiger charge is 2.06. The molecule has 0 saturated carbocycles. The van der Waals surface area contributed by atoms with E-state index in [1.54, 1.807) is 29.7 Å². The van der Waals surface area contributed by atoms with Gasteiger partial charge in [0.15, 0.2) is 0 Å². The number of aromatic nitrogens is 1. The Labute approximate surface area is 156 Å². The minimum atomic E-state index is -0.116. The molecule has 0 saturated heterocycles. The van der Waals surface area contributed by atoms with Gasteiger partial charge in [-0.3, -0.25) is 14.6 Å². The molecule has 0 atom stereocenters. The summed E-state index contributed by atoms with van der Waals surface area (Å²) < 4.78 is 0. The molecule has 2 heterocycles. The number of nitrogens with zero attached hydrogens (tertiary/aromatic N) is 1. The van der Waals surface area contributed by atoms with E-state index in [0.717, 1.165) is 28.1 Å². The van der Waals surface area contributed by atoms with Gasteiger partial charge >= 0.3 is 0 Å². The second-order valence-electron chi connectivity index (χ2n) is 5.89. The molecular formula is C20H19N3O2S. The summed E-state index contributed by atoms with van der Waals surface area (Å²) in [6.07, 6.45) is 2.05.